The zero-order chi connectivity index (χ0) is 16.9. The molecule has 0 saturated heterocycles. The van der Waals surface area contributed by atoms with Crippen molar-refractivity contribution in [3.63, 3.8) is 0 Å². The summed E-state index contributed by atoms with van der Waals surface area (Å²) in [5.74, 6) is -0.733. The summed E-state index contributed by atoms with van der Waals surface area (Å²) in [5, 5.41) is 2.61. The van der Waals surface area contributed by atoms with Crippen LogP contribution in [0.15, 0.2) is 36.7 Å². The number of ether oxygens (including phenoxy) is 1. The first-order chi connectivity index (χ1) is 10.8. The van der Waals surface area contributed by atoms with Crippen LogP contribution in [0.2, 0.25) is 0 Å². The standard InChI is InChI=1S/C14H13F3N4O2/c15-14(16,17)23-10-3-1-9(2-4-10)5-6-21-13(22)11-12(18)20-8-7-19-11/h1-4,7-8H,5-6H2,(H2,18,20)(H,21,22). The number of nitrogens with two attached hydrogens (primary N) is 1. The minimum atomic E-state index is -4.72. The molecule has 0 fully saturated rings. The van der Waals surface area contributed by atoms with Gasteiger partial charge in [-0.1, -0.05) is 12.1 Å². The lowest BCUT2D eigenvalue weighted by Crippen LogP contribution is -2.27. The number of carbonyl (C=O) groups excluding carboxylic acids is 1. The Hall–Kier alpha value is -2.84. The Morgan fingerprint density at radius 2 is 1.83 bits per heavy atom. The highest BCUT2D eigenvalue weighted by molar-refractivity contribution is 5.96. The van der Waals surface area contributed by atoms with Crippen LogP contribution in [-0.2, 0) is 6.42 Å². The van der Waals surface area contributed by atoms with Crippen LogP contribution >= 0.6 is 0 Å². The molecule has 1 amide bonds. The van der Waals surface area contributed by atoms with Crippen LogP contribution in [0, 0.1) is 0 Å². The van der Waals surface area contributed by atoms with Gasteiger partial charge in [0.1, 0.15) is 5.75 Å². The fourth-order valence-corrected chi connectivity index (χ4v) is 1.79. The Morgan fingerprint density at radius 3 is 2.43 bits per heavy atom. The van der Waals surface area contributed by atoms with Gasteiger partial charge in [0.25, 0.3) is 5.91 Å². The fourth-order valence-electron chi connectivity index (χ4n) is 1.79. The normalized spacial score (nSPS) is 11.1. The Labute approximate surface area is 129 Å². The van der Waals surface area contributed by atoms with Crippen molar-refractivity contribution in [3.05, 3.63) is 47.9 Å². The number of nitrogens with one attached hydrogen (secondary N) is 1. The number of aromatic nitrogens is 2. The first kappa shape index (κ1) is 16.5. The molecule has 2 aromatic rings. The Morgan fingerprint density at radius 1 is 1.17 bits per heavy atom. The largest absolute Gasteiger partial charge is 0.573 e. The van der Waals surface area contributed by atoms with Crippen LogP contribution in [0.4, 0.5) is 19.0 Å². The van der Waals surface area contributed by atoms with Gasteiger partial charge in [0.15, 0.2) is 11.5 Å². The van der Waals surface area contributed by atoms with E-state index in [4.69, 9.17) is 5.73 Å². The van der Waals surface area contributed by atoms with E-state index in [-0.39, 0.29) is 23.8 Å². The van der Waals surface area contributed by atoms with Gasteiger partial charge in [0.05, 0.1) is 0 Å². The lowest BCUT2D eigenvalue weighted by molar-refractivity contribution is -0.274. The topological polar surface area (TPSA) is 90.1 Å². The number of alkyl halides is 3. The molecule has 0 aliphatic carbocycles. The molecule has 6 nitrogen and oxygen atoms in total. The molecule has 0 unspecified atom stereocenters. The summed E-state index contributed by atoms with van der Waals surface area (Å²) >= 11 is 0. The molecule has 1 aromatic heterocycles. The number of hydrogen-bond donors (Lipinski definition) is 2. The second-order valence-corrected chi connectivity index (χ2v) is 4.49. The predicted molar refractivity (Wildman–Crippen MR) is 75.6 cm³/mol. The van der Waals surface area contributed by atoms with Crippen LogP contribution in [0.3, 0.4) is 0 Å². The van der Waals surface area contributed by atoms with Crippen molar-refractivity contribution in [2.75, 3.05) is 12.3 Å². The maximum atomic E-state index is 12.0. The Balaban J connectivity index is 1.85. The first-order valence-corrected chi connectivity index (χ1v) is 6.54. The van der Waals surface area contributed by atoms with E-state index in [2.05, 4.69) is 20.0 Å². The number of anilines is 1. The van der Waals surface area contributed by atoms with Crippen molar-refractivity contribution in [1.82, 2.24) is 15.3 Å². The van der Waals surface area contributed by atoms with Gasteiger partial charge in [-0.3, -0.25) is 4.79 Å². The molecule has 0 aliphatic heterocycles. The third kappa shape index (κ3) is 5.13. The quantitative estimate of drug-likeness (QED) is 0.876. The highest BCUT2D eigenvalue weighted by Gasteiger charge is 2.30. The average molecular weight is 326 g/mol. The molecule has 0 atom stereocenters. The predicted octanol–water partition coefficient (Wildman–Crippen LogP) is 1.93. The maximum absolute atomic E-state index is 12.0. The summed E-state index contributed by atoms with van der Waals surface area (Å²) in [6, 6.07) is 5.41. The van der Waals surface area contributed by atoms with Crippen molar-refractivity contribution in [2.45, 2.75) is 12.8 Å². The number of hydrogen-bond acceptors (Lipinski definition) is 5. The van der Waals surface area contributed by atoms with Gasteiger partial charge in [-0.25, -0.2) is 9.97 Å². The molecule has 1 heterocycles. The number of amides is 1. The van der Waals surface area contributed by atoms with E-state index in [1.165, 1.54) is 36.7 Å². The molecule has 23 heavy (non-hydrogen) atoms. The molecule has 0 radical (unpaired) electrons. The number of nitrogen functional groups attached to an aromatic ring is 1. The maximum Gasteiger partial charge on any atom is 0.573 e. The van der Waals surface area contributed by atoms with E-state index < -0.39 is 12.3 Å². The van der Waals surface area contributed by atoms with E-state index in [9.17, 15) is 18.0 Å². The second-order valence-electron chi connectivity index (χ2n) is 4.49. The molecular weight excluding hydrogens is 313 g/mol. The number of halogens is 3. The molecule has 0 spiro atoms. The van der Waals surface area contributed by atoms with Gasteiger partial charge >= 0.3 is 6.36 Å². The summed E-state index contributed by atoms with van der Waals surface area (Å²) in [4.78, 5) is 19.4. The molecule has 0 aliphatic rings. The molecule has 1 aromatic carbocycles. The smallest absolute Gasteiger partial charge is 0.406 e. The molecular formula is C14H13F3N4O2. The van der Waals surface area contributed by atoms with Crippen LogP contribution in [0.25, 0.3) is 0 Å². The summed E-state index contributed by atoms with van der Waals surface area (Å²) < 4.78 is 39.9. The fraction of sp³-hybridized carbons (Fsp3) is 0.214. The Kier molecular flexibility index (Phi) is 4.99. The van der Waals surface area contributed by atoms with Gasteiger partial charge < -0.3 is 15.8 Å². The van der Waals surface area contributed by atoms with Crippen molar-refractivity contribution in [1.29, 1.82) is 0 Å². The number of nitrogens with zero attached hydrogens (tertiary/aromatic N) is 2. The van der Waals surface area contributed by atoms with E-state index in [1.807, 2.05) is 0 Å². The summed E-state index contributed by atoms with van der Waals surface area (Å²) in [6.45, 7) is 0.272. The minimum Gasteiger partial charge on any atom is -0.406 e. The third-order valence-corrected chi connectivity index (χ3v) is 2.80. The summed E-state index contributed by atoms with van der Waals surface area (Å²) in [7, 11) is 0. The van der Waals surface area contributed by atoms with Crippen molar-refractivity contribution >= 4 is 11.7 Å². The average Bonchev–Trinajstić information content (AvgIpc) is 2.48. The van der Waals surface area contributed by atoms with Gasteiger partial charge in [0, 0.05) is 18.9 Å². The van der Waals surface area contributed by atoms with Crippen molar-refractivity contribution in [3.8, 4) is 5.75 Å². The van der Waals surface area contributed by atoms with E-state index in [0.717, 1.165) is 5.56 Å². The van der Waals surface area contributed by atoms with E-state index in [0.29, 0.717) is 6.42 Å². The molecule has 0 saturated carbocycles. The van der Waals surface area contributed by atoms with E-state index >= 15 is 0 Å². The monoisotopic (exact) mass is 326 g/mol. The van der Waals surface area contributed by atoms with Crippen LogP contribution in [0.1, 0.15) is 16.1 Å². The first-order valence-electron chi connectivity index (χ1n) is 6.54. The SMILES string of the molecule is Nc1nccnc1C(=O)NCCc1ccc(OC(F)(F)F)cc1. The van der Waals surface area contributed by atoms with Gasteiger partial charge in [-0.15, -0.1) is 13.2 Å². The molecule has 9 heteroatoms. The zero-order valence-electron chi connectivity index (χ0n) is 11.8. The third-order valence-electron chi connectivity index (χ3n) is 2.80. The highest BCUT2D eigenvalue weighted by atomic mass is 19.4. The van der Waals surface area contributed by atoms with Gasteiger partial charge in [-0.05, 0) is 24.1 Å². The molecule has 2 rings (SSSR count). The second kappa shape index (κ2) is 6.95. The highest BCUT2D eigenvalue weighted by Crippen LogP contribution is 2.22. The van der Waals surface area contributed by atoms with Crippen LogP contribution in [0.5, 0.6) is 5.75 Å². The number of benzene rings is 1. The van der Waals surface area contributed by atoms with Crippen molar-refractivity contribution < 1.29 is 22.7 Å². The number of rotatable bonds is 5. The van der Waals surface area contributed by atoms with Crippen LogP contribution < -0.4 is 15.8 Å². The summed E-state index contributed by atoms with van der Waals surface area (Å²) in [5.41, 5.74) is 6.30. The summed E-state index contributed by atoms with van der Waals surface area (Å²) in [6.07, 6.45) is -1.56. The molecule has 0 bridgehead atoms. The van der Waals surface area contributed by atoms with Crippen LogP contribution in [-0.4, -0.2) is 28.8 Å². The Bertz CT molecular complexity index is 674. The number of carbonyl (C=O) groups is 1. The van der Waals surface area contributed by atoms with Crippen molar-refractivity contribution in [2.24, 2.45) is 0 Å². The van der Waals surface area contributed by atoms with Gasteiger partial charge in [-0.2, -0.15) is 0 Å². The lowest BCUT2D eigenvalue weighted by Gasteiger charge is -2.09. The lowest BCUT2D eigenvalue weighted by atomic mass is 10.1. The zero-order valence-corrected chi connectivity index (χ0v) is 11.8. The minimum absolute atomic E-state index is 0.0265. The molecule has 3 N–H and O–H groups in total. The van der Waals surface area contributed by atoms with Gasteiger partial charge in [0.2, 0.25) is 0 Å². The van der Waals surface area contributed by atoms with E-state index in [1.54, 1.807) is 0 Å². The molecule has 122 valence electrons.